The number of nitrogens with zero attached hydrogens (tertiary/aromatic N) is 2. The van der Waals surface area contributed by atoms with Crippen molar-refractivity contribution in [2.24, 2.45) is 0 Å². The highest BCUT2D eigenvalue weighted by atomic mass is 16.5. The summed E-state index contributed by atoms with van der Waals surface area (Å²) >= 11 is 0. The summed E-state index contributed by atoms with van der Waals surface area (Å²) in [7, 11) is 0. The van der Waals surface area contributed by atoms with Crippen LogP contribution in [0.2, 0.25) is 0 Å². The Hall–Kier alpha value is -2.40. The molecule has 3 rings (SSSR count). The van der Waals surface area contributed by atoms with E-state index in [0.29, 0.717) is 38.4 Å². The SMILES string of the molecule is CCCOc1nc2ccccc2cc1C=CC(=O)N1CCC(O)CC1. The zero-order chi connectivity index (χ0) is 17.6. The number of piperidine rings is 1. The molecule has 1 aromatic heterocycles. The molecule has 2 heterocycles. The highest BCUT2D eigenvalue weighted by Gasteiger charge is 2.19. The lowest BCUT2D eigenvalue weighted by Gasteiger charge is -2.28. The van der Waals surface area contributed by atoms with E-state index in [4.69, 9.17) is 4.74 Å². The second-order valence-electron chi connectivity index (χ2n) is 6.31. The minimum atomic E-state index is -0.285. The Morgan fingerprint density at radius 1 is 1.36 bits per heavy atom. The number of hydrogen-bond donors (Lipinski definition) is 1. The van der Waals surface area contributed by atoms with Crippen LogP contribution in [0.3, 0.4) is 0 Å². The predicted octanol–water partition coefficient (Wildman–Crippen LogP) is 3.02. The Balaban J connectivity index is 1.81. The molecule has 5 nitrogen and oxygen atoms in total. The van der Waals surface area contributed by atoms with Crippen LogP contribution in [0.15, 0.2) is 36.4 Å². The Labute approximate surface area is 147 Å². The summed E-state index contributed by atoms with van der Waals surface area (Å²) in [6.45, 7) is 3.83. The van der Waals surface area contributed by atoms with E-state index in [2.05, 4.69) is 4.98 Å². The number of hydrogen-bond acceptors (Lipinski definition) is 4. The zero-order valence-corrected chi connectivity index (χ0v) is 14.5. The van der Waals surface area contributed by atoms with E-state index in [1.54, 1.807) is 17.1 Å². The lowest BCUT2D eigenvalue weighted by molar-refractivity contribution is -0.127. The number of carbonyl (C=O) groups is 1. The zero-order valence-electron chi connectivity index (χ0n) is 14.5. The first kappa shape index (κ1) is 17.4. The van der Waals surface area contributed by atoms with Gasteiger partial charge in [-0.25, -0.2) is 4.98 Å². The smallest absolute Gasteiger partial charge is 0.246 e. The molecule has 5 heteroatoms. The van der Waals surface area contributed by atoms with Crippen molar-refractivity contribution < 1.29 is 14.6 Å². The molecule has 0 atom stereocenters. The Morgan fingerprint density at radius 2 is 2.12 bits per heavy atom. The van der Waals surface area contributed by atoms with Crippen molar-refractivity contribution in [3.63, 3.8) is 0 Å². The van der Waals surface area contributed by atoms with E-state index in [0.717, 1.165) is 22.9 Å². The van der Waals surface area contributed by atoms with E-state index >= 15 is 0 Å². The second kappa shape index (κ2) is 8.12. The van der Waals surface area contributed by atoms with Crippen molar-refractivity contribution in [1.29, 1.82) is 0 Å². The molecule has 1 aromatic carbocycles. The number of benzene rings is 1. The van der Waals surface area contributed by atoms with E-state index in [-0.39, 0.29) is 12.0 Å². The fraction of sp³-hybridized carbons (Fsp3) is 0.400. The number of ether oxygens (including phenoxy) is 1. The van der Waals surface area contributed by atoms with Crippen molar-refractivity contribution in [3.05, 3.63) is 42.0 Å². The van der Waals surface area contributed by atoms with Gasteiger partial charge in [0.05, 0.1) is 18.2 Å². The number of rotatable bonds is 5. The van der Waals surface area contributed by atoms with Crippen LogP contribution in [-0.2, 0) is 4.79 Å². The molecular weight excluding hydrogens is 316 g/mol. The van der Waals surface area contributed by atoms with Crippen LogP contribution in [0.25, 0.3) is 17.0 Å². The highest BCUT2D eigenvalue weighted by molar-refractivity contribution is 5.93. The molecule has 132 valence electrons. The van der Waals surface area contributed by atoms with Gasteiger partial charge in [-0.2, -0.15) is 0 Å². The number of carbonyl (C=O) groups excluding carboxylic acids is 1. The van der Waals surface area contributed by atoms with Crippen molar-refractivity contribution >= 4 is 22.9 Å². The van der Waals surface area contributed by atoms with Crippen LogP contribution in [-0.4, -0.2) is 46.7 Å². The van der Waals surface area contributed by atoms with Crippen molar-refractivity contribution in [3.8, 4) is 5.88 Å². The fourth-order valence-corrected chi connectivity index (χ4v) is 2.90. The molecule has 0 aliphatic carbocycles. The maximum atomic E-state index is 12.4. The van der Waals surface area contributed by atoms with E-state index < -0.39 is 0 Å². The minimum Gasteiger partial charge on any atom is -0.477 e. The van der Waals surface area contributed by atoms with Gasteiger partial charge in [0.1, 0.15) is 0 Å². The van der Waals surface area contributed by atoms with Gasteiger partial charge in [0.15, 0.2) is 0 Å². The van der Waals surface area contributed by atoms with Gasteiger partial charge in [0.25, 0.3) is 0 Å². The second-order valence-corrected chi connectivity index (χ2v) is 6.31. The molecule has 1 fully saturated rings. The molecule has 1 aliphatic rings. The first-order valence-electron chi connectivity index (χ1n) is 8.85. The Kier molecular flexibility index (Phi) is 5.66. The number of aliphatic hydroxyl groups excluding tert-OH is 1. The maximum Gasteiger partial charge on any atom is 0.246 e. The molecule has 0 radical (unpaired) electrons. The monoisotopic (exact) mass is 340 g/mol. The average Bonchev–Trinajstić information content (AvgIpc) is 2.64. The number of para-hydroxylation sites is 1. The summed E-state index contributed by atoms with van der Waals surface area (Å²) in [4.78, 5) is 18.7. The van der Waals surface area contributed by atoms with Crippen LogP contribution >= 0.6 is 0 Å². The Morgan fingerprint density at radius 3 is 2.88 bits per heavy atom. The van der Waals surface area contributed by atoms with Crippen LogP contribution < -0.4 is 4.74 Å². The van der Waals surface area contributed by atoms with Crippen LogP contribution in [0.4, 0.5) is 0 Å². The van der Waals surface area contributed by atoms with Gasteiger partial charge in [-0.1, -0.05) is 25.1 Å². The average molecular weight is 340 g/mol. The van der Waals surface area contributed by atoms with E-state index in [1.165, 1.54) is 0 Å². The van der Waals surface area contributed by atoms with E-state index in [1.807, 2.05) is 37.3 Å². The topological polar surface area (TPSA) is 62.7 Å². The number of likely N-dealkylation sites (tertiary alicyclic amines) is 1. The summed E-state index contributed by atoms with van der Waals surface area (Å²) < 4.78 is 5.77. The van der Waals surface area contributed by atoms with Gasteiger partial charge in [-0.3, -0.25) is 4.79 Å². The lowest BCUT2D eigenvalue weighted by Crippen LogP contribution is -2.39. The molecule has 25 heavy (non-hydrogen) atoms. The van der Waals surface area contributed by atoms with Gasteiger partial charge in [0, 0.05) is 30.1 Å². The largest absolute Gasteiger partial charge is 0.477 e. The van der Waals surface area contributed by atoms with Crippen LogP contribution in [0.1, 0.15) is 31.7 Å². The molecule has 0 bridgehead atoms. The molecular formula is C20H24N2O3. The van der Waals surface area contributed by atoms with Crippen molar-refractivity contribution in [1.82, 2.24) is 9.88 Å². The molecule has 2 aromatic rings. The summed E-state index contributed by atoms with van der Waals surface area (Å²) in [6, 6.07) is 9.86. The van der Waals surface area contributed by atoms with Crippen LogP contribution in [0.5, 0.6) is 5.88 Å². The third-order valence-corrected chi connectivity index (χ3v) is 4.34. The quantitative estimate of drug-likeness (QED) is 0.850. The number of amides is 1. The summed E-state index contributed by atoms with van der Waals surface area (Å²) in [5.41, 5.74) is 1.68. The molecule has 0 unspecified atom stereocenters. The predicted molar refractivity (Wildman–Crippen MR) is 98.4 cm³/mol. The molecule has 1 aliphatic heterocycles. The molecule has 1 saturated heterocycles. The van der Waals surface area contributed by atoms with Gasteiger partial charge < -0.3 is 14.7 Å². The number of aromatic nitrogens is 1. The maximum absolute atomic E-state index is 12.4. The lowest BCUT2D eigenvalue weighted by atomic mass is 10.1. The van der Waals surface area contributed by atoms with Gasteiger partial charge >= 0.3 is 0 Å². The summed E-state index contributed by atoms with van der Waals surface area (Å²) in [6.07, 6.45) is 5.24. The Bertz CT molecular complexity index is 765. The number of aliphatic hydroxyl groups is 1. The van der Waals surface area contributed by atoms with Gasteiger partial charge in [-0.15, -0.1) is 0 Å². The molecule has 0 saturated carbocycles. The van der Waals surface area contributed by atoms with Gasteiger partial charge in [0.2, 0.25) is 11.8 Å². The number of pyridine rings is 1. The molecule has 0 spiro atoms. The standard InChI is InChI=1S/C20H24N2O3/c1-2-13-25-20-16(14-15-5-3-4-6-18(15)21-20)7-8-19(24)22-11-9-17(23)10-12-22/h3-8,14,17,23H,2,9-13H2,1H3. The van der Waals surface area contributed by atoms with Gasteiger partial charge in [-0.05, 0) is 37.5 Å². The van der Waals surface area contributed by atoms with Crippen molar-refractivity contribution in [2.45, 2.75) is 32.3 Å². The minimum absolute atomic E-state index is 0.0403. The third-order valence-electron chi connectivity index (χ3n) is 4.34. The fourth-order valence-electron chi connectivity index (χ4n) is 2.90. The first-order chi connectivity index (χ1) is 12.2. The van der Waals surface area contributed by atoms with E-state index in [9.17, 15) is 9.90 Å². The van der Waals surface area contributed by atoms with Crippen LogP contribution in [0, 0.1) is 0 Å². The third kappa shape index (κ3) is 4.37. The van der Waals surface area contributed by atoms with Crippen molar-refractivity contribution in [2.75, 3.05) is 19.7 Å². The summed E-state index contributed by atoms with van der Waals surface area (Å²) in [5, 5.41) is 10.6. The highest BCUT2D eigenvalue weighted by Crippen LogP contribution is 2.24. The molecule has 1 N–H and O–H groups in total. The first-order valence-corrected chi connectivity index (χ1v) is 8.85. The normalized spacial score (nSPS) is 15.8. The molecule has 1 amide bonds. The summed E-state index contributed by atoms with van der Waals surface area (Å²) in [5.74, 6) is 0.514. The number of fused-ring (bicyclic) bond motifs is 1.